The van der Waals surface area contributed by atoms with E-state index in [1.54, 1.807) is 24.3 Å². The Kier molecular flexibility index (Phi) is 6.05. The fourth-order valence-electron chi connectivity index (χ4n) is 4.00. The van der Waals surface area contributed by atoms with E-state index in [2.05, 4.69) is 5.32 Å². The molecule has 3 aromatic rings. The molecule has 30 heavy (non-hydrogen) atoms. The molecule has 1 atom stereocenters. The maximum Gasteiger partial charge on any atom is 0.287 e. The molecule has 1 aliphatic rings. The molecule has 1 heterocycles. The van der Waals surface area contributed by atoms with E-state index in [0.717, 1.165) is 10.5 Å². The average Bonchev–Trinajstić information content (AvgIpc) is 2.77. The van der Waals surface area contributed by atoms with Crippen LogP contribution in [0.25, 0.3) is 0 Å². The molecule has 0 aliphatic carbocycles. The zero-order valence-electron chi connectivity index (χ0n) is 16.5. The molecule has 154 valence electrons. The van der Waals surface area contributed by atoms with Gasteiger partial charge in [-0.2, -0.15) is 0 Å². The van der Waals surface area contributed by atoms with Gasteiger partial charge in [0, 0.05) is 11.3 Å². The third kappa shape index (κ3) is 4.49. The lowest BCUT2D eigenvalue weighted by Gasteiger charge is -2.37. The molecule has 0 aromatic heterocycles. The minimum atomic E-state index is -0.404. The van der Waals surface area contributed by atoms with E-state index in [0.29, 0.717) is 37.6 Å². The highest BCUT2D eigenvalue weighted by Crippen LogP contribution is 2.19. The summed E-state index contributed by atoms with van der Waals surface area (Å²) in [6.45, 7) is 2.71. The molecular weight excluding hydrogens is 384 g/mol. The minimum absolute atomic E-state index is 0.137. The lowest BCUT2D eigenvalue weighted by Crippen LogP contribution is -3.16. The Morgan fingerprint density at radius 2 is 1.50 bits per heavy atom. The molecule has 1 fully saturated rings. The molecular formula is C24H24F2N3O+. The highest BCUT2D eigenvalue weighted by molar-refractivity contribution is 5.94. The summed E-state index contributed by atoms with van der Waals surface area (Å²) in [4.78, 5) is 16.3. The van der Waals surface area contributed by atoms with Crippen molar-refractivity contribution < 1.29 is 18.5 Å². The second kappa shape index (κ2) is 9.05. The van der Waals surface area contributed by atoms with E-state index >= 15 is 0 Å². The first-order valence-electron chi connectivity index (χ1n) is 10.1. The van der Waals surface area contributed by atoms with Crippen LogP contribution < -0.4 is 15.1 Å². The van der Waals surface area contributed by atoms with E-state index in [9.17, 15) is 13.6 Å². The number of nitrogens with one attached hydrogen (secondary N) is 2. The van der Waals surface area contributed by atoms with Crippen LogP contribution >= 0.6 is 0 Å². The van der Waals surface area contributed by atoms with Crippen LogP contribution in [0, 0.1) is 11.6 Å². The molecule has 1 saturated heterocycles. The number of carbonyl (C=O) groups is 1. The third-order valence-corrected chi connectivity index (χ3v) is 5.51. The number of halogens is 2. The monoisotopic (exact) mass is 408 g/mol. The van der Waals surface area contributed by atoms with Gasteiger partial charge >= 0.3 is 0 Å². The van der Waals surface area contributed by atoms with Crippen molar-refractivity contribution in [2.45, 2.75) is 6.04 Å². The Labute approximate surface area is 174 Å². The second-order valence-corrected chi connectivity index (χ2v) is 7.44. The van der Waals surface area contributed by atoms with E-state index < -0.39 is 6.04 Å². The molecule has 0 radical (unpaired) electrons. The molecule has 0 bridgehead atoms. The van der Waals surface area contributed by atoms with Crippen molar-refractivity contribution in [3.63, 3.8) is 0 Å². The van der Waals surface area contributed by atoms with Gasteiger partial charge in [0.15, 0.2) is 6.04 Å². The lowest BCUT2D eigenvalue weighted by atomic mass is 10.0. The average molecular weight is 408 g/mol. The normalized spacial score (nSPS) is 15.6. The summed E-state index contributed by atoms with van der Waals surface area (Å²) >= 11 is 0. The Morgan fingerprint density at radius 3 is 2.17 bits per heavy atom. The maximum absolute atomic E-state index is 14.2. The SMILES string of the molecule is O=C(Nc1ccc(F)cc1)[C@H](c1ccccc1)[NH+]1CCN(c2ccccc2F)CC1. The van der Waals surface area contributed by atoms with Gasteiger partial charge in [-0.1, -0.05) is 42.5 Å². The van der Waals surface area contributed by atoms with E-state index in [4.69, 9.17) is 0 Å². The van der Waals surface area contributed by atoms with Gasteiger partial charge in [-0.25, -0.2) is 8.78 Å². The summed E-state index contributed by atoms with van der Waals surface area (Å²) in [5.74, 6) is -0.709. The van der Waals surface area contributed by atoms with Crippen LogP contribution in [0.5, 0.6) is 0 Å². The summed E-state index contributed by atoms with van der Waals surface area (Å²) in [5.41, 5.74) is 2.08. The number of hydrogen-bond acceptors (Lipinski definition) is 2. The molecule has 6 heteroatoms. The Balaban J connectivity index is 1.51. The van der Waals surface area contributed by atoms with Crippen molar-refractivity contribution in [1.82, 2.24) is 0 Å². The zero-order chi connectivity index (χ0) is 20.9. The van der Waals surface area contributed by atoms with Gasteiger partial charge < -0.3 is 15.1 Å². The van der Waals surface area contributed by atoms with Crippen LogP contribution in [0.4, 0.5) is 20.2 Å². The molecule has 1 aliphatic heterocycles. The number of benzene rings is 3. The van der Waals surface area contributed by atoms with E-state index in [1.807, 2.05) is 41.3 Å². The molecule has 2 N–H and O–H groups in total. The summed E-state index contributed by atoms with van der Waals surface area (Å²) in [6, 6.07) is 21.8. The molecule has 3 aromatic carbocycles. The van der Waals surface area contributed by atoms with Crippen LogP contribution in [-0.4, -0.2) is 32.1 Å². The van der Waals surface area contributed by atoms with Crippen LogP contribution in [0.2, 0.25) is 0 Å². The number of piperazine rings is 1. The molecule has 1 amide bonds. The van der Waals surface area contributed by atoms with Crippen molar-refractivity contribution in [2.75, 3.05) is 36.4 Å². The van der Waals surface area contributed by atoms with Gasteiger partial charge in [0.05, 0.1) is 31.9 Å². The first-order chi connectivity index (χ1) is 14.6. The van der Waals surface area contributed by atoms with Crippen molar-refractivity contribution in [1.29, 1.82) is 0 Å². The second-order valence-electron chi connectivity index (χ2n) is 7.44. The van der Waals surface area contributed by atoms with Gasteiger partial charge in [0.1, 0.15) is 11.6 Å². The predicted molar refractivity (Wildman–Crippen MR) is 114 cm³/mol. The van der Waals surface area contributed by atoms with E-state index in [1.165, 1.54) is 18.2 Å². The molecule has 4 rings (SSSR count). The molecule has 0 spiro atoms. The summed E-state index contributed by atoms with van der Waals surface area (Å²) in [5, 5.41) is 2.92. The van der Waals surface area contributed by atoms with Crippen LogP contribution in [0.15, 0.2) is 78.9 Å². The number of rotatable bonds is 5. The fourth-order valence-corrected chi connectivity index (χ4v) is 4.00. The van der Waals surface area contributed by atoms with Crippen molar-refractivity contribution in [3.05, 3.63) is 96.1 Å². The largest absolute Gasteiger partial charge is 0.358 e. The standard InChI is InChI=1S/C24H23F2N3O/c25-19-10-12-20(13-11-19)27-24(30)23(18-6-2-1-3-7-18)29-16-14-28(15-17-29)22-9-5-4-8-21(22)26/h1-13,23H,14-17H2,(H,27,30)/p+1/t23-/m0/s1. The molecule has 4 nitrogen and oxygen atoms in total. The number of carbonyl (C=O) groups excluding carboxylic acids is 1. The van der Waals surface area contributed by atoms with Gasteiger partial charge in [-0.15, -0.1) is 0 Å². The number of para-hydroxylation sites is 1. The molecule has 0 unspecified atom stereocenters. The zero-order valence-corrected chi connectivity index (χ0v) is 16.5. The Bertz CT molecular complexity index is 987. The number of anilines is 2. The quantitative estimate of drug-likeness (QED) is 0.681. The number of quaternary nitrogens is 1. The molecule has 0 saturated carbocycles. The first-order valence-corrected chi connectivity index (χ1v) is 10.1. The predicted octanol–water partition coefficient (Wildman–Crippen LogP) is 3.05. The van der Waals surface area contributed by atoms with Crippen molar-refractivity contribution in [2.24, 2.45) is 0 Å². The summed E-state index contributed by atoms with van der Waals surface area (Å²) in [6.07, 6.45) is 0. The third-order valence-electron chi connectivity index (χ3n) is 5.51. The minimum Gasteiger partial charge on any atom is -0.358 e. The lowest BCUT2D eigenvalue weighted by molar-refractivity contribution is -0.922. The fraction of sp³-hybridized carbons (Fsp3) is 0.208. The van der Waals surface area contributed by atoms with Crippen LogP contribution in [-0.2, 0) is 4.79 Å². The van der Waals surface area contributed by atoms with Gasteiger partial charge in [0.25, 0.3) is 5.91 Å². The summed E-state index contributed by atoms with van der Waals surface area (Å²) < 4.78 is 27.3. The highest BCUT2D eigenvalue weighted by Gasteiger charge is 2.34. The number of nitrogens with zero attached hydrogens (tertiary/aromatic N) is 1. The van der Waals surface area contributed by atoms with Crippen molar-refractivity contribution in [3.8, 4) is 0 Å². The first kappa shape index (κ1) is 20.0. The Hall–Kier alpha value is -3.25. The van der Waals surface area contributed by atoms with E-state index in [-0.39, 0.29) is 17.5 Å². The topological polar surface area (TPSA) is 36.8 Å². The van der Waals surface area contributed by atoms with Crippen LogP contribution in [0.1, 0.15) is 11.6 Å². The number of hydrogen-bond donors (Lipinski definition) is 2. The van der Waals surface area contributed by atoms with Gasteiger partial charge in [0.2, 0.25) is 0 Å². The van der Waals surface area contributed by atoms with Crippen molar-refractivity contribution >= 4 is 17.3 Å². The highest BCUT2D eigenvalue weighted by atomic mass is 19.1. The smallest absolute Gasteiger partial charge is 0.287 e. The van der Waals surface area contributed by atoms with Crippen LogP contribution in [0.3, 0.4) is 0 Å². The summed E-state index contributed by atoms with van der Waals surface area (Å²) in [7, 11) is 0. The van der Waals surface area contributed by atoms with Gasteiger partial charge in [-0.05, 0) is 36.4 Å². The Morgan fingerprint density at radius 1 is 0.867 bits per heavy atom. The number of amides is 1. The van der Waals surface area contributed by atoms with Gasteiger partial charge in [-0.3, -0.25) is 4.79 Å². The maximum atomic E-state index is 14.2.